The number of carbonyl (C=O) groups is 2. The van der Waals surface area contributed by atoms with Gasteiger partial charge in [0.25, 0.3) is 0 Å². The second-order valence-corrected chi connectivity index (χ2v) is 5.15. The Morgan fingerprint density at radius 2 is 2.06 bits per heavy atom. The zero-order chi connectivity index (χ0) is 13.9. The summed E-state index contributed by atoms with van der Waals surface area (Å²) in [4.78, 5) is 24.3. The lowest BCUT2D eigenvalue weighted by Crippen LogP contribution is -2.23. The first-order valence-electron chi connectivity index (χ1n) is 4.98. The molecule has 7 heteroatoms. The van der Waals surface area contributed by atoms with E-state index in [0.717, 1.165) is 11.8 Å². The molecule has 1 amide bonds. The van der Waals surface area contributed by atoms with Gasteiger partial charge in [-0.2, -0.15) is 0 Å². The fraction of sp³-hybridized carbons (Fsp3) is 0.273. The highest BCUT2D eigenvalue weighted by molar-refractivity contribution is 8.00. The minimum absolute atomic E-state index is 0.0107. The molecule has 0 aliphatic rings. The number of hydrogen-bond acceptors (Lipinski definition) is 4. The summed E-state index contributed by atoms with van der Waals surface area (Å²) < 4.78 is 0. The lowest BCUT2D eigenvalue weighted by atomic mass is 10.2. The van der Waals surface area contributed by atoms with Gasteiger partial charge in [0, 0.05) is 24.7 Å². The molecule has 0 aliphatic heterocycles. The zero-order valence-corrected chi connectivity index (χ0v) is 11.5. The second kappa shape index (κ2) is 5.97. The van der Waals surface area contributed by atoms with Crippen LogP contribution in [-0.2, 0) is 4.79 Å². The monoisotopic (exact) mass is 288 g/mol. The van der Waals surface area contributed by atoms with E-state index in [1.54, 1.807) is 14.1 Å². The molecule has 98 valence electrons. The number of nitrogen functional groups attached to an aromatic ring is 1. The summed E-state index contributed by atoms with van der Waals surface area (Å²) in [6, 6.07) is 2.80. The lowest BCUT2D eigenvalue weighted by molar-refractivity contribution is -0.125. The van der Waals surface area contributed by atoms with Gasteiger partial charge in [0.05, 0.1) is 16.3 Å². The summed E-state index contributed by atoms with van der Waals surface area (Å²) >= 11 is 7.04. The number of halogens is 1. The molecule has 0 saturated carbocycles. The van der Waals surface area contributed by atoms with E-state index in [0.29, 0.717) is 4.90 Å². The summed E-state index contributed by atoms with van der Waals surface area (Å²) in [7, 11) is 3.26. The van der Waals surface area contributed by atoms with Crippen molar-refractivity contribution in [3.8, 4) is 0 Å². The minimum Gasteiger partial charge on any atom is -0.478 e. The summed E-state index contributed by atoms with van der Waals surface area (Å²) in [5.41, 5.74) is 5.83. The minimum atomic E-state index is -1.12. The molecular weight excluding hydrogens is 276 g/mol. The molecule has 0 atom stereocenters. The van der Waals surface area contributed by atoms with Crippen LogP contribution in [-0.4, -0.2) is 41.7 Å². The highest BCUT2D eigenvalue weighted by Gasteiger charge is 2.17. The van der Waals surface area contributed by atoms with Crippen LogP contribution in [0.5, 0.6) is 0 Å². The normalized spacial score (nSPS) is 10.2. The Hall–Kier alpha value is -1.40. The lowest BCUT2D eigenvalue weighted by Gasteiger charge is -2.12. The molecule has 0 bridgehead atoms. The number of nitrogens with zero attached hydrogens (tertiary/aromatic N) is 1. The van der Waals surface area contributed by atoms with E-state index < -0.39 is 5.97 Å². The standard InChI is InChI=1S/C11H13ClN2O3S/c1-14(2)9(15)5-18-10-7(11(16)17)3-6(13)4-8(10)12/h3-4H,5,13H2,1-2H3,(H,16,17). The number of hydrogen-bond donors (Lipinski definition) is 2. The van der Waals surface area contributed by atoms with Gasteiger partial charge in [-0.15, -0.1) is 11.8 Å². The molecule has 1 aromatic carbocycles. The van der Waals surface area contributed by atoms with E-state index in [2.05, 4.69) is 0 Å². The van der Waals surface area contributed by atoms with Crippen molar-refractivity contribution in [1.82, 2.24) is 4.90 Å². The van der Waals surface area contributed by atoms with Crippen LogP contribution >= 0.6 is 23.4 Å². The number of nitrogens with two attached hydrogens (primary N) is 1. The SMILES string of the molecule is CN(C)C(=O)CSc1c(Cl)cc(N)cc1C(=O)O. The predicted molar refractivity (Wildman–Crippen MR) is 72.2 cm³/mol. The Balaban J connectivity index is 3.01. The van der Waals surface area contributed by atoms with Crippen molar-refractivity contribution in [3.63, 3.8) is 0 Å². The maximum Gasteiger partial charge on any atom is 0.336 e. The number of carboxylic acids is 1. The number of aromatic carboxylic acids is 1. The van der Waals surface area contributed by atoms with Crippen molar-refractivity contribution in [1.29, 1.82) is 0 Å². The van der Waals surface area contributed by atoms with Gasteiger partial charge in [-0.1, -0.05) is 11.6 Å². The van der Waals surface area contributed by atoms with Crippen LogP contribution in [0, 0.1) is 0 Å². The molecule has 0 saturated heterocycles. The largest absolute Gasteiger partial charge is 0.478 e. The molecule has 0 fully saturated rings. The fourth-order valence-corrected chi connectivity index (χ4v) is 2.60. The predicted octanol–water partition coefficient (Wildman–Crippen LogP) is 1.80. The summed E-state index contributed by atoms with van der Waals surface area (Å²) in [6.45, 7) is 0. The highest BCUT2D eigenvalue weighted by Crippen LogP contribution is 2.33. The molecule has 0 heterocycles. The molecule has 3 N–H and O–H groups in total. The van der Waals surface area contributed by atoms with Gasteiger partial charge in [-0.05, 0) is 12.1 Å². The average molecular weight is 289 g/mol. The Labute approximate surface area is 114 Å². The number of anilines is 1. The van der Waals surface area contributed by atoms with Crippen LogP contribution in [0.25, 0.3) is 0 Å². The van der Waals surface area contributed by atoms with Gasteiger partial charge in [0.15, 0.2) is 0 Å². The maximum absolute atomic E-state index is 11.5. The number of benzene rings is 1. The maximum atomic E-state index is 11.5. The van der Waals surface area contributed by atoms with Gasteiger partial charge in [-0.3, -0.25) is 4.79 Å². The molecule has 5 nitrogen and oxygen atoms in total. The van der Waals surface area contributed by atoms with E-state index >= 15 is 0 Å². The third-order valence-corrected chi connectivity index (χ3v) is 3.67. The van der Waals surface area contributed by atoms with Crippen molar-refractivity contribution in [2.75, 3.05) is 25.6 Å². The Morgan fingerprint density at radius 1 is 1.44 bits per heavy atom. The Morgan fingerprint density at radius 3 is 2.56 bits per heavy atom. The molecule has 0 aliphatic carbocycles. The van der Waals surface area contributed by atoms with Crippen molar-refractivity contribution in [2.24, 2.45) is 0 Å². The van der Waals surface area contributed by atoms with Gasteiger partial charge in [0.1, 0.15) is 0 Å². The van der Waals surface area contributed by atoms with Crippen molar-refractivity contribution < 1.29 is 14.7 Å². The van der Waals surface area contributed by atoms with Crippen LogP contribution in [0.15, 0.2) is 17.0 Å². The first kappa shape index (κ1) is 14.7. The van der Waals surface area contributed by atoms with Crippen LogP contribution in [0.1, 0.15) is 10.4 Å². The number of rotatable bonds is 4. The van der Waals surface area contributed by atoms with Crippen LogP contribution in [0.4, 0.5) is 5.69 Å². The van der Waals surface area contributed by atoms with Gasteiger partial charge >= 0.3 is 5.97 Å². The second-order valence-electron chi connectivity index (χ2n) is 3.76. The molecular formula is C11H13ClN2O3S. The average Bonchev–Trinajstić information content (AvgIpc) is 2.26. The molecule has 0 spiro atoms. The Kier molecular flexibility index (Phi) is 4.86. The van der Waals surface area contributed by atoms with Gasteiger partial charge < -0.3 is 15.7 Å². The smallest absolute Gasteiger partial charge is 0.336 e. The number of amides is 1. The topological polar surface area (TPSA) is 83.6 Å². The van der Waals surface area contributed by atoms with E-state index in [1.165, 1.54) is 17.0 Å². The molecule has 1 aromatic rings. The summed E-state index contributed by atoms with van der Waals surface area (Å²) in [6.07, 6.45) is 0. The fourth-order valence-electron chi connectivity index (χ4n) is 1.18. The zero-order valence-electron chi connectivity index (χ0n) is 9.94. The van der Waals surface area contributed by atoms with Crippen molar-refractivity contribution in [2.45, 2.75) is 4.90 Å². The Bertz CT molecular complexity index is 491. The number of carboxylic acid groups (broad SMARTS) is 1. The van der Waals surface area contributed by atoms with Crippen LogP contribution in [0.2, 0.25) is 5.02 Å². The van der Waals surface area contributed by atoms with E-state index in [-0.39, 0.29) is 27.9 Å². The number of thioether (sulfide) groups is 1. The number of carbonyl (C=O) groups excluding carboxylic acids is 1. The third-order valence-electron chi connectivity index (χ3n) is 2.14. The van der Waals surface area contributed by atoms with Crippen LogP contribution in [0.3, 0.4) is 0 Å². The summed E-state index contributed by atoms with van der Waals surface area (Å²) in [5.74, 6) is -1.12. The highest BCUT2D eigenvalue weighted by atomic mass is 35.5. The third kappa shape index (κ3) is 3.54. The van der Waals surface area contributed by atoms with E-state index in [1.807, 2.05) is 0 Å². The molecule has 0 aromatic heterocycles. The van der Waals surface area contributed by atoms with Crippen molar-refractivity contribution in [3.05, 3.63) is 22.7 Å². The molecule has 0 unspecified atom stereocenters. The molecule has 1 rings (SSSR count). The molecule has 0 radical (unpaired) electrons. The first-order chi connectivity index (χ1) is 8.32. The van der Waals surface area contributed by atoms with E-state index in [4.69, 9.17) is 22.4 Å². The quantitative estimate of drug-likeness (QED) is 0.652. The van der Waals surface area contributed by atoms with E-state index in [9.17, 15) is 9.59 Å². The molecule has 18 heavy (non-hydrogen) atoms. The van der Waals surface area contributed by atoms with Crippen LogP contribution < -0.4 is 5.73 Å². The van der Waals surface area contributed by atoms with Gasteiger partial charge in [-0.25, -0.2) is 4.79 Å². The first-order valence-corrected chi connectivity index (χ1v) is 6.34. The van der Waals surface area contributed by atoms with Crippen molar-refractivity contribution >= 4 is 40.9 Å². The van der Waals surface area contributed by atoms with Gasteiger partial charge in [0.2, 0.25) is 5.91 Å². The summed E-state index contributed by atoms with van der Waals surface area (Å²) in [5, 5.41) is 9.31.